The molecule has 1 amide bonds. The van der Waals surface area contributed by atoms with Gasteiger partial charge in [0.2, 0.25) is 5.91 Å². The highest BCUT2D eigenvalue weighted by molar-refractivity contribution is 5.80. The van der Waals surface area contributed by atoms with Gasteiger partial charge in [-0.3, -0.25) is 9.59 Å². The molecule has 4 atom stereocenters. The zero-order valence-corrected chi connectivity index (χ0v) is 9.77. The molecule has 0 bridgehead atoms. The van der Waals surface area contributed by atoms with Gasteiger partial charge in [-0.05, 0) is 33.1 Å². The summed E-state index contributed by atoms with van der Waals surface area (Å²) in [6, 6.07) is -0.232. The maximum absolute atomic E-state index is 11.8. The Labute approximate surface area is 95.4 Å². The molecular weight excluding hydrogens is 208 g/mol. The highest BCUT2D eigenvalue weighted by Gasteiger charge is 2.30. The third kappa shape index (κ3) is 3.20. The zero-order chi connectivity index (χ0) is 12.3. The third-order valence-corrected chi connectivity index (χ3v) is 3.35. The normalized spacial score (nSPS) is 28.4. The number of nitrogens with two attached hydrogens (primary N) is 1. The lowest BCUT2D eigenvalue weighted by Crippen LogP contribution is -2.42. The van der Waals surface area contributed by atoms with Crippen molar-refractivity contribution >= 4 is 11.9 Å². The first kappa shape index (κ1) is 13.0. The number of rotatable bonds is 4. The molecule has 16 heavy (non-hydrogen) atoms. The SMILES string of the molecule is CC(NC(=O)C1CCC(N)C1)C(C)C(=O)O. The summed E-state index contributed by atoms with van der Waals surface area (Å²) in [6.07, 6.45) is 2.39. The predicted molar refractivity (Wildman–Crippen MR) is 59.7 cm³/mol. The summed E-state index contributed by atoms with van der Waals surface area (Å²) in [6.45, 7) is 3.30. The monoisotopic (exact) mass is 228 g/mol. The fraction of sp³-hybridized carbons (Fsp3) is 0.818. The molecule has 0 aromatic heterocycles. The van der Waals surface area contributed by atoms with Crippen LogP contribution < -0.4 is 11.1 Å². The fourth-order valence-corrected chi connectivity index (χ4v) is 1.94. The molecule has 1 fully saturated rings. The van der Waals surface area contributed by atoms with E-state index in [0.29, 0.717) is 6.42 Å². The maximum atomic E-state index is 11.8. The number of carboxylic acid groups (broad SMARTS) is 1. The summed E-state index contributed by atoms with van der Waals surface area (Å²) >= 11 is 0. The van der Waals surface area contributed by atoms with Gasteiger partial charge in [-0.1, -0.05) is 0 Å². The molecular formula is C11H20N2O3. The summed E-state index contributed by atoms with van der Waals surface area (Å²) in [5.41, 5.74) is 5.73. The van der Waals surface area contributed by atoms with Gasteiger partial charge in [-0.2, -0.15) is 0 Å². The number of carbonyl (C=O) groups is 2. The topological polar surface area (TPSA) is 92.4 Å². The van der Waals surface area contributed by atoms with Crippen molar-refractivity contribution in [2.24, 2.45) is 17.6 Å². The standard InChI is InChI=1S/C11H20N2O3/c1-6(11(15)16)7(2)13-10(14)8-3-4-9(12)5-8/h6-9H,3-5,12H2,1-2H3,(H,13,14)(H,15,16). The molecule has 5 nitrogen and oxygen atoms in total. The summed E-state index contributed by atoms with van der Waals surface area (Å²) in [4.78, 5) is 22.5. The van der Waals surface area contributed by atoms with Gasteiger partial charge in [-0.15, -0.1) is 0 Å². The van der Waals surface area contributed by atoms with Gasteiger partial charge in [0.15, 0.2) is 0 Å². The van der Waals surface area contributed by atoms with Crippen LogP contribution in [0, 0.1) is 11.8 Å². The zero-order valence-electron chi connectivity index (χ0n) is 9.77. The van der Waals surface area contributed by atoms with Crippen molar-refractivity contribution in [2.45, 2.75) is 45.2 Å². The molecule has 0 aromatic carbocycles. The summed E-state index contributed by atoms with van der Waals surface area (Å²) < 4.78 is 0. The van der Waals surface area contributed by atoms with Gasteiger partial charge in [0.1, 0.15) is 0 Å². The van der Waals surface area contributed by atoms with Crippen LogP contribution in [0.15, 0.2) is 0 Å². The molecule has 1 aliphatic carbocycles. The number of amides is 1. The van der Waals surface area contributed by atoms with Crippen molar-refractivity contribution in [2.75, 3.05) is 0 Å². The van der Waals surface area contributed by atoms with Crippen LogP contribution in [0.5, 0.6) is 0 Å². The maximum Gasteiger partial charge on any atom is 0.308 e. The van der Waals surface area contributed by atoms with Crippen molar-refractivity contribution in [3.63, 3.8) is 0 Å². The molecule has 0 aromatic rings. The largest absolute Gasteiger partial charge is 0.481 e. The van der Waals surface area contributed by atoms with E-state index in [0.717, 1.165) is 12.8 Å². The van der Waals surface area contributed by atoms with Gasteiger partial charge in [-0.25, -0.2) is 0 Å². The van der Waals surface area contributed by atoms with E-state index in [4.69, 9.17) is 10.8 Å². The molecule has 5 heteroatoms. The summed E-state index contributed by atoms with van der Waals surface area (Å²) in [7, 11) is 0. The second kappa shape index (κ2) is 5.30. The minimum absolute atomic E-state index is 0.0431. The fourth-order valence-electron chi connectivity index (χ4n) is 1.94. The van der Waals surface area contributed by atoms with E-state index in [1.165, 1.54) is 0 Å². The Morgan fingerprint density at radius 1 is 1.38 bits per heavy atom. The highest BCUT2D eigenvalue weighted by Crippen LogP contribution is 2.24. The van der Waals surface area contributed by atoms with E-state index in [9.17, 15) is 9.59 Å². The molecule has 0 aliphatic heterocycles. The van der Waals surface area contributed by atoms with Crippen molar-refractivity contribution in [3.05, 3.63) is 0 Å². The summed E-state index contributed by atoms with van der Waals surface area (Å²) in [5.74, 6) is -1.57. The number of nitrogens with one attached hydrogen (secondary N) is 1. The van der Waals surface area contributed by atoms with E-state index in [-0.39, 0.29) is 23.9 Å². The lowest BCUT2D eigenvalue weighted by Gasteiger charge is -2.20. The van der Waals surface area contributed by atoms with E-state index in [2.05, 4.69) is 5.32 Å². The van der Waals surface area contributed by atoms with Crippen LogP contribution in [0.1, 0.15) is 33.1 Å². The average Bonchev–Trinajstić information content (AvgIpc) is 2.63. The van der Waals surface area contributed by atoms with Crippen molar-refractivity contribution < 1.29 is 14.7 Å². The minimum atomic E-state index is -0.893. The molecule has 0 radical (unpaired) electrons. The Hall–Kier alpha value is -1.10. The van der Waals surface area contributed by atoms with Crippen molar-refractivity contribution in [3.8, 4) is 0 Å². The molecule has 0 saturated heterocycles. The Kier molecular flexibility index (Phi) is 4.29. The van der Waals surface area contributed by atoms with Gasteiger partial charge in [0.25, 0.3) is 0 Å². The molecule has 4 N–H and O–H groups in total. The van der Waals surface area contributed by atoms with Crippen LogP contribution >= 0.6 is 0 Å². The molecule has 1 rings (SSSR count). The third-order valence-electron chi connectivity index (χ3n) is 3.35. The minimum Gasteiger partial charge on any atom is -0.481 e. The number of carbonyl (C=O) groups excluding carboxylic acids is 1. The summed E-state index contributed by atoms with van der Waals surface area (Å²) in [5, 5.41) is 11.5. The van der Waals surface area contributed by atoms with Gasteiger partial charge in [0, 0.05) is 18.0 Å². The first-order valence-corrected chi connectivity index (χ1v) is 5.70. The molecule has 0 heterocycles. The van der Waals surface area contributed by atoms with E-state index in [1.807, 2.05) is 0 Å². The van der Waals surface area contributed by atoms with Crippen molar-refractivity contribution in [1.82, 2.24) is 5.32 Å². The van der Waals surface area contributed by atoms with Gasteiger partial charge < -0.3 is 16.2 Å². The molecule has 4 unspecified atom stereocenters. The van der Waals surface area contributed by atoms with E-state index < -0.39 is 11.9 Å². The number of hydrogen-bond donors (Lipinski definition) is 3. The van der Waals surface area contributed by atoms with Crippen LogP contribution in [-0.4, -0.2) is 29.1 Å². The number of hydrogen-bond acceptors (Lipinski definition) is 3. The Bertz CT molecular complexity index is 280. The van der Waals surface area contributed by atoms with Crippen molar-refractivity contribution in [1.29, 1.82) is 0 Å². The molecule has 92 valence electrons. The van der Waals surface area contributed by atoms with Gasteiger partial charge >= 0.3 is 5.97 Å². The van der Waals surface area contributed by atoms with Crippen LogP contribution in [0.4, 0.5) is 0 Å². The molecule has 0 spiro atoms. The van der Waals surface area contributed by atoms with E-state index in [1.54, 1.807) is 13.8 Å². The lowest BCUT2D eigenvalue weighted by molar-refractivity contribution is -0.142. The first-order valence-electron chi connectivity index (χ1n) is 5.70. The first-order chi connectivity index (χ1) is 7.41. The van der Waals surface area contributed by atoms with Crippen LogP contribution in [-0.2, 0) is 9.59 Å². The highest BCUT2D eigenvalue weighted by atomic mass is 16.4. The average molecular weight is 228 g/mol. The second-order valence-corrected chi connectivity index (χ2v) is 4.69. The quantitative estimate of drug-likeness (QED) is 0.647. The Morgan fingerprint density at radius 2 is 2.00 bits per heavy atom. The number of aliphatic carboxylic acids is 1. The Morgan fingerprint density at radius 3 is 2.44 bits per heavy atom. The number of carboxylic acids is 1. The second-order valence-electron chi connectivity index (χ2n) is 4.69. The van der Waals surface area contributed by atoms with Crippen LogP contribution in [0.25, 0.3) is 0 Å². The predicted octanol–water partition coefficient (Wildman–Crippen LogP) is 0.339. The van der Waals surface area contributed by atoms with E-state index >= 15 is 0 Å². The van der Waals surface area contributed by atoms with Crippen LogP contribution in [0.3, 0.4) is 0 Å². The van der Waals surface area contributed by atoms with Gasteiger partial charge in [0.05, 0.1) is 5.92 Å². The van der Waals surface area contributed by atoms with Crippen LogP contribution in [0.2, 0.25) is 0 Å². The lowest BCUT2D eigenvalue weighted by atomic mass is 10.0. The smallest absolute Gasteiger partial charge is 0.308 e. The molecule has 1 saturated carbocycles. The Balaban J connectivity index is 2.42. The molecule has 1 aliphatic rings.